The number of nitrogens with one attached hydrogen (secondary N) is 1. The second-order valence-electron chi connectivity index (χ2n) is 6.87. The van der Waals surface area contributed by atoms with Crippen LogP contribution in [0.4, 0.5) is 5.69 Å². The molecule has 128 valence electrons. The molecule has 0 atom stereocenters. The summed E-state index contributed by atoms with van der Waals surface area (Å²) in [4.78, 5) is 26.0. The fourth-order valence-corrected chi connectivity index (χ4v) is 2.32. The van der Waals surface area contributed by atoms with Gasteiger partial charge in [0.15, 0.2) is 0 Å². The van der Waals surface area contributed by atoms with Crippen molar-refractivity contribution < 1.29 is 9.59 Å². The van der Waals surface area contributed by atoms with Crippen LogP contribution in [0, 0.1) is 11.3 Å². The van der Waals surface area contributed by atoms with Gasteiger partial charge in [0, 0.05) is 30.8 Å². The van der Waals surface area contributed by atoms with E-state index in [-0.39, 0.29) is 35.6 Å². The van der Waals surface area contributed by atoms with Crippen LogP contribution < -0.4 is 11.1 Å². The second kappa shape index (κ2) is 7.79. The number of halogens is 1. The van der Waals surface area contributed by atoms with E-state index in [9.17, 15) is 9.59 Å². The van der Waals surface area contributed by atoms with E-state index in [0.717, 1.165) is 12.8 Å². The van der Waals surface area contributed by atoms with E-state index in [1.165, 1.54) is 0 Å². The van der Waals surface area contributed by atoms with Crippen LogP contribution in [0.3, 0.4) is 0 Å². The van der Waals surface area contributed by atoms with Crippen molar-refractivity contribution >= 4 is 29.9 Å². The Balaban J connectivity index is 0.00000264. The molecule has 0 aromatic heterocycles. The minimum atomic E-state index is -0.123. The molecule has 1 aliphatic carbocycles. The third-order valence-corrected chi connectivity index (χ3v) is 3.89. The Hall–Kier alpha value is -1.59. The normalized spacial score (nSPS) is 13.9. The summed E-state index contributed by atoms with van der Waals surface area (Å²) in [5.74, 6) is 0.124. The number of hydrogen-bond donors (Lipinski definition) is 2. The average molecular weight is 340 g/mol. The number of rotatable bonds is 6. The molecule has 2 amide bonds. The van der Waals surface area contributed by atoms with Gasteiger partial charge in [-0.2, -0.15) is 0 Å². The van der Waals surface area contributed by atoms with Crippen LogP contribution in [0.25, 0.3) is 0 Å². The molecule has 1 saturated carbocycles. The van der Waals surface area contributed by atoms with Crippen LogP contribution in [-0.4, -0.2) is 36.9 Å². The Morgan fingerprint density at radius 2 is 2.00 bits per heavy atom. The van der Waals surface area contributed by atoms with Gasteiger partial charge in [-0.3, -0.25) is 9.59 Å². The number of hydrogen-bond acceptors (Lipinski definition) is 3. The molecule has 0 bridgehead atoms. The monoisotopic (exact) mass is 339 g/mol. The van der Waals surface area contributed by atoms with Crippen molar-refractivity contribution in [3.8, 4) is 0 Å². The first-order valence-electron chi connectivity index (χ1n) is 7.69. The van der Waals surface area contributed by atoms with E-state index in [4.69, 9.17) is 5.73 Å². The molecule has 2 rings (SSSR count). The van der Waals surface area contributed by atoms with Gasteiger partial charge in [-0.1, -0.05) is 19.9 Å². The van der Waals surface area contributed by atoms with Crippen molar-refractivity contribution in [1.82, 2.24) is 4.90 Å². The molecule has 1 fully saturated rings. The summed E-state index contributed by atoms with van der Waals surface area (Å²) in [6.45, 7) is 5.16. The van der Waals surface area contributed by atoms with E-state index < -0.39 is 0 Å². The highest BCUT2D eigenvalue weighted by Crippen LogP contribution is 2.30. The number of nitrogens with two attached hydrogens (primary N) is 1. The predicted octanol–water partition coefficient (Wildman–Crippen LogP) is 2.51. The van der Waals surface area contributed by atoms with E-state index >= 15 is 0 Å². The van der Waals surface area contributed by atoms with Gasteiger partial charge >= 0.3 is 0 Å². The van der Waals surface area contributed by atoms with Crippen molar-refractivity contribution in [2.24, 2.45) is 17.1 Å². The standard InChI is InChI=1S/C17H25N3O2.ClH/c1-17(2,10-18)11-20(3)16(22)13-5-4-6-14(9-13)19-15(21)12-7-8-12;/h4-6,9,12H,7-8,10-11,18H2,1-3H3,(H,19,21);1H. The Bertz CT molecular complexity index is 571. The summed E-state index contributed by atoms with van der Waals surface area (Å²) in [5.41, 5.74) is 6.85. The number of benzene rings is 1. The zero-order chi connectivity index (χ0) is 16.3. The minimum absolute atomic E-state index is 0. The molecule has 1 aromatic carbocycles. The first kappa shape index (κ1) is 19.5. The van der Waals surface area contributed by atoms with Gasteiger partial charge in [-0.15, -0.1) is 12.4 Å². The van der Waals surface area contributed by atoms with Crippen LogP contribution in [-0.2, 0) is 4.79 Å². The van der Waals surface area contributed by atoms with Gasteiger partial charge in [0.1, 0.15) is 0 Å². The largest absolute Gasteiger partial charge is 0.341 e. The average Bonchev–Trinajstić information content (AvgIpc) is 3.31. The number of carbonyl (C=O) groups is 2. The van der Waals surface area contributed by atoms with Crippen molar-refractivity contribution in [1.29, 1.82) is 0 Å². The Morgan fingerprint density at radius 3 is 2.57 bits per heavy atom. The maximum atomic E-state index is 12.5. The topological polar surface area (TPSA) is 75.4 Å². The molecule has 0 unspecified atom stereocenters. The van der Waals surface area contributed by atoms with Crippen LogP contribution in [0.2, 0.25) is 0 Å². The molecular weight excluding hydrogens is 314 g/mol. The molecule has 1 aromatic rings. The van der Waals surface area contributed by atoms with Crippen molar-refractivity contribution in [2.75, 3.05) is 25.5 Å². The molecule has 6 heteroatoms. The lowest BCUT2D eigenvalue weighted by Gasteiger charge is -2.29. The fourth-order valence-electron chi connectivity index (χ4n) is 2.32. The molecule has 0 aliphatic heterocycles. The van der Waals surface area contributed by atoms with Gasteiger partial charge in [0.2, 0.25) is 5.91 Å². The van der Waals surface area contributed by atoms with E-state index in [1.54, 1.807) is 36.2 Å². The zero-order valence-corrected chi connectivity index (χ0v) is 14.8. The summed E-state index contributed by atoms with van der Waals surface area (Å²) >= 11 is 0. The Morgan fingerprint density at radius 1 is 1.35 bits per heavy atom. The van der Waals surface area contributed by atoms with Crippen molar-refractivity contribution in [2.45, 2.75) is 26.7 Å². The second-order valence-corrected chi connectivity index (χ2v) is 6.87. The molecule has 23 heavy (non-hydrogen) atoms. The molecule has 0 heterocycles. The molecule has 1 aliphatic rings. The summed E-state index contributed by atoms with van der Waals surface area (Å²) < 4.78 is 0. The highest BCUT2D eigenvalue weighted by molar-refractivity contribution is 5.98. The number of nitrogens with zero attached hydrogens (tertiary/aromatic N) is 1. The van der Waals surface area contributed by atoms with Gasteiger partial charge in [-0.25, -0.2) is 0 Å². The highest BCUT2D eigenvalue weighted by Gasteiger charge is 2.29. The number of carbonyl (C=O) groups excluding carboxylic acids is 2. The number of anilines is 1. The van der Waals surface area contributed by atoms with E-state index in [1.807, 2.05) is 13.8 Å². The maximum Gasteiger partial charge on any atom is 0.253 e. The van der Waals surface area contributed by atoms with Crippen LogP contribution in [0.5, 0.6) is 0 Å². The van der Waals surface area contributed by atoms with Gasteiger partial charge < -0.3 is 16.0 Å². The predicted molar refractivity (Wildman–Crippen MR) is 94.8 cm³/mol. The lowest BCUT2D eigenvalue weighted by Crippen LogP contribution is -2.39. The quantitative estimate of drug-likeness (QED) is 0.836. The first-order valence-corrected chi connectivity index (χ1v) is 7.69. The van der Waals surface area contributed by atoms with Gasteiger partial charge in [-0.05, 0) is 43.0 Å². The number of amides is 2. The molecule has 5 nitrogen and oxygen atoms in total. The minimum Gasteiger partial charge on any atom is -0.341 e. The summed E-state index contributed by atoms with van der Waals surface area (Å²) in [6, 6.07) is 7.09. The smallest absolute Gasteiger partial charge is 0.253 e. The molecule has 0 spiro atoms. The van der Waals surface area contributed by atoms with Crippen LogP contribution >= 0.6 is 12.4 Å². The summed E-state index contributed by atoms with van der Waals surface area (Å²) in [7, 11) is 1.77. The molecule has 0 radical (unpaired) electrons. The van der Waals surface area contributed by atoms with Gasteiger partial charge in [0.05, 0.1) is 0 Å². The van der Waals surface area contributed by atoms with E-state index in [0.29, 0.717) is 24.3 Å². The van der Waals surface area contributed by atoms with Crippen LogP contribution in [0.15, 0.2) is 24.3 Å². The van der Waals surface area contributed by atoms with Gasteiger partial charge in [0.25, 0.3) is 5.91 Å². The Kier molecular flexibility index (Phi) is 6.59. The maximum absolute atomic E-state index is 12.5. The van der Waals surface area contributed by atoms with Crippen molar-refractivity contribution in [3.63, 3.8) is 0 Å². The third kappa shape index (κ3) is 5.52. The highest BCUT2D eigenvalue weighted by atomic mass is 35.5. The summed E-state index contributed by atoms with van der Waals surface area (Å²) in [6.07, 6.45) is 1.92. The first-order chi connectivity index (χ1) is 10.3. The fraction of sp³-hybridized carbons (Fsp3) is 0.529. The lowest BCUT2D eigenvalue weighted by atomic mass is 9.93. The van der Waals surface area contributed by atoms with Crippen LogP contribution in [0.1, 0.15) is 37.0 Å². The van der Waals surface area contributed by atoms with Crippen molar-refractivity contribution in [3.05, 3.63) is 29.8 Å². The Labute approximate surface area is 144 Å². The summed E-state index contributed by atoms with van der Waals surface area (Å²) in [5, 5.41) is 2.87. The lowest BCUT2D eigenvalue weighted by molar-refractivity contribution is -0.117. The molecule has 3 N–H and O–H groups in total. The SMILES string of the molecule is CN(CC(C)(C)CN)C(=O)c1cccc(NC(=O)C2CC2)c1.Cl. The third-order valence-electron chi connectivity index (χ3n) is 3.89. The zero-order valence-electron chi connectivity index (χ0n) is 14.0. The molecule has 0 saturated heterocycles. The molecular formula is C17H26ClN3O2. The van der Waals surface area contributed by atoms with E-state index in [2.05, 4.69) is 5.32 Å².